The monoisotopic (exact) mass is 500 g/mol. The van der Waals surface area contributed by atoms with Crippen LogP contribution in [0.25, 0.3) is 0 Å². The van der Waals surface area contributed by atoms with Crippen molar-refractivity contribution >= 4 is 30.2 Å². The van der Waals surface area contributed by atoms with Crippen LogP contribution in [-0.2, 0) is 25.7 Å². The Labute approximate surface area is 211 Å². The molecule has 36 heavy (non-hydrogen) atoms. The number of nitrogens with one attached hydrogen (secondary N) is 1. The fourth-order valence-corrected chi connectivity index (χ4v) is 4.73. The topological polar surface area (TPSA) is 160 Å². The fraction of sp³-hybridized carbons (Fsp3) is 0.560. The molecule has 1 aromatic carbocycles. The van der Waals surface area contributed by atoms with Crippen LogP contribution in [0.15, 0.2) is 35.3 Å². The molecule has 2 aliphatic heterocycles. The smallest absolute Gasteiger partial charge is 0.417 e. The average molecular weight is 501 g/mol. The van der Waals surface area contributed by atoms with Crippen LogP contribution in [0.1, 0.15) is 51.0 Å². The van der Waals surface area contributed by atoms with E-state index in [4.69, 9.17) is 16.2 Å². The summed E-state index contributed by atoms with van der Waals surface area (Å²) in [5, 5.41) is 3.34. The number of imide groups is 1. The number of carbonyl (C=O) groups is 4. The lowest BCUT2D eigenvalue weighted by Crippen LogP contribution is -2.61. The third-order valence-corrected chi connectivity index (χ3v) is 6.60. The Balaban J connectivity index is 1.78. The lowest BCUT2D eigenvalue weighted by atomic mass is 9.95. The molecule has 2 aliphatic rings. The van der Waals surface area contributed by atoms with Crippen molar-refractivity contribution in [2.75, 3.05) is 13.1 Å². The molecule has 4 atom stereocenters. The summed E-state index contributed by atoms with van der Waals surface area (Å²) in [6, 6.07) is 7.30. The highest BCUT2D eigenvalue weighted by Gasteiger charge is 2.46. The molecule has 0 radical (unpaired) electrons. The van der Waals surface area contributed by atoms with E-state index in [9.17, 15) is 19.2 Å². The minimum absolute atomic E-state index is 0.0163. The van der Waals surface area contributed by atoms with Crippen molar-refractivity contribution in [1.29, 1.82) is 0 Å². The second-order valence-electron chi connectivity index (χ2n) is 9.36. The number of likely N-dealkylation sites (tertiary alicyclic amines) is 1. The van der Waals surface area contributed by atoms with Gasteiger partial charge in [0.1, 0.15) is 18.9 Å². The Morgan fingerprint density at radius 3 is 2.69 bits per heavy atom. The van der Waals surface area contributed by atoms with Crippen LogP contribution in [0.5, 0.6) is 0 Å². The maximum Gasteiger partial charge on any atom is 0.417 e. The maximum absolute atomic E-state index is 13.9. The number of amides is 3. The minimum Gasteiger partial charge on any atom is -0.444 e. The van der Waals surface area contributed by atoms with Crippen molar-refractivity contribution in [2.45, 2.75) is 70.3 Å². The van der Waals surface area contributed by atoms with Gasteiger partial charge in [-0.3, -0.25) is 19.9 Å². The summed E-state index contributed by atoms with van der Waals surface area (Å²) in [4.78, 5) is 58.0. The zero-order chi connectivity index (χ0) is 26.1. The molecule has 196 valence electrons. The molecular formula is C25H36N6O5. The van der Waals surface area contributed by atoms with Crippen molar-refractivity contribution in [3.8, 4) is 0 Å². The summed E-state index contributed by atoms with van der Waals surface area (Å²) in [6.07, 6.45) is 2.15. The predicted molar refractivity (Wildman–Crippen MR) is 133 cm³/mol. The number of aldehydes is 1. The van der Waals surface area contributed by atoms with Gasteiger partial charge < -0.3 is 25.9 Å². The van der Waals surface area contributed by atoms with Gasteiger partial charge in [-0.2, -0.15) is 0 Å². The van der Waals surface area contributed by atoms with Crippen molar-refractivity contribution < 1.29 is 23.9 Å². The molecule has 11 heteroatoms. The highest BCUT2D eigenvalue weighted by molar-refractivity contribution is 6.01. The van der Waals surface area contributed by atoms with Crippen LogP contribution in [0.2, 0.25) is 0 Å². The zero-order valence-electron chi connectivity index (χ0n) is 20.7. The van der Waals surface area contributed by atoms with E-state index in [2.05, 4.69) is 17.2 Å². The second-order valence-corrected chi connectivity index (χ2v) is 9.36. The third kappa shape index (κ3) is 7.03. The molecule has 3 rings (SSSR count). The predicted octanol–water partition coefficient (Wildman–Crippen LogP) is 1.11. The first-order valence-corrected chi connectivity index (χ1v) is 12.4. The summed E-state index contributed by atoms with van der Waals surface area (Å²) in [6.45, 7) is 3.10. The van der Waals surface area contributed by atoms with E-state index in [1.807, 2.05) is 18.2 Å². The first kappa shape index (κ1) is 27.1. The van der Waals surface area contributed by atoms with Gasteiger partial charge in [0.15, 0.2) is 5.96 Å². The standard InChI is InChI=1S/C25H36N6O5/c1-17-11-13-28-21(14-17)30(19(15-32)8-5-12-29-24(26)27)23(34)20-9-10-22(33)31(20)25(35)36-16-18-6-3-2-4-7-18/h2-4,6-7,15,17,19-21,28H,5,8-14,16H2,1H3,(H4,26,27,29)/t17?,19-,20+,21?/m0/s1. The van der Waals surface area contributed by atoms with Gasteiger partial charge >= 0.3 is 6.09 Å². The highest BCUT2D eigenvalue weighted by atomic mass is 16.6. The Kier molecular flexibility index (Phi) is 9.80. The van der Waals surface area contributed by atoms with Gasteiger partial charge in [-0.25, -0.2) is 9.69 Å². The van der Waals surface area contributed by atoms with Crippen LogP contribution in [-0.4, -0.2) is 71.3 Å². The Hall–Kier alpha value is -3.47. The number of rotatable bonds is 10. The molecule has 2 heterocycles. The molecule has 2 saturated heterocycles. The number of nitrogens with zero attached hydrogens (tertiary/aromatic N) is 3. The summed E-state index contributed by atoms with van der Waals surface area (Å²) in [7, 11) is 0. The van der Waals surface area contributed by atoms with Crippen LogP contribution in [0.4, 0.5) is 4.79 Å². The Bertz CT molecular complexity index is 952. The van der Waals surface area contributed by atoms with Gasteiger partial charge in [0, 0.05) is 13.0 Å². The first-order chi connectivity index (χ1) is 17.3. The van der Waals surface area contributed by atoms with Gasteiger partial charge in [0.25, 0.3) is 0 Å². The number of guanidine groups is 1. The highest BCUT2D eigenvalue weighted by Crippen LogP contribution is 2.27. The van der Waals surface area contributed by atoms with Crippen molar-refractivity contribution in [3.05, 3.63) is 35.9 Å². The zero-order valence-corrected chi connectivity index (χ0v) is 20.7. The summed E-state index contributed by atoms with van der Waals surface area (Å²) in [5.41, 5.74) is 11.5. The second kappa shape index (κ2) is 13.0. The first-order valence-electron chi connectivity index (χ1n) is 12.4. The quantitative estimate of drug-likeness (QED) is 0.186. The molecule has 11 nitrogen and oxygen atoms in total. The lowest BCUT2D eigenvalue weighted by molar-refractivity contribution is -0.147. The van der Waals surface area contributed by atoms with E-state index in [0.29, 0.717) is 38.3 Å². The van der Waals surface area contributed by atoms with Crippen molar-refractivity contribution in [3.63, 3.8) is 0 Å². The molecule has 5 N–H and O–H groups in total. The van der Waals surface area contributed by atoms with Crippen LogP contribution in [0.3, 0.4) is 0 Å². The van der Waals surface area contributed by atoms with Gasteiger partial charge in [0.05, 0.1) is 12.2 Å². The van der Waals surface area contributed by atoms with Gasteiger partial charge in [-0.05, 0) is 50.1 Å². The number of piperidine rings is 1. The van der Waals surface area contributed by atoms with Crippen molar-refractivity contribution in [1.82, 2.24) is 15.1 Å². The van der Waals surface area contributed by atoms with Gasteiger partial charge in [-0.1, -0.05) is 37.3 Å². The molecule has 2 fully saturated rings. The van der Waals surface area contributed by atoms with E-state index in [1.54, 1.807) is 12.1 Å². The molecule has 2 unspecified atom stereocenters. The Morgan fingerprint density at radius 1 is 1.28 bits per heavy atom. The normalized spacial score (nSPS) is 22.5. The van der Waals surface area contributed by atoms with E-state index in [0.717, 1.165) is 23.2 Å². The van der Waals surface area contributed by atoms with Gasteiger partial charge in [0.2, 0.25) is 11.8 Å². The van der Waals surface area contributed by atoms with Gasteiger partial charge in [-0.15, -0.1) is 0 Å². The largest absolute Gasteiger partial charge is 0.444 e. The SMILES string of the molecule is CC1CCNC(N(C(=O)[C@H]2CCC(=O)N2C(=O)OCc2ccccc2)[C@H](C=O)CCCN=C(N)N)C1. The van der Waals surface area contributed by atoms with E-state index < -0.39 is 36.2 Å². The molecule has 1 aromatic rings. The summed E-state index contributed by atoms with van der Waals surface area (Å²) >= 11 is 0. The number of aliphatic imine (C=N–C) groups is 1. The minimum atomic E-state index is -1.03. The number of hydrogen-bond acceptors (Lipinski definition) is 7. The van der Waals surface area contributed by atoms with E-state index >= 15 is 0 Å². The number of ether oxygens (including phenoxy) is 1. The van der Waals surface area contributed by atoms with Crippen molar-refractivity contribution in [2.24, 2.45) is 22.4 Å². The van der Waals surface area contributed by atoms with Crippen LogP contribution >= 0.6 is 0 Å². The molecule has 0 saturated carbocycles. The fourth-order valence-electron chi connectivity index (χ4n) is 4.73. The molecule has 3 amide bonds. The molecule has 0 aromatic heterocycles. The molecule has 0 aliphatic carbocycles. The molecular weight excluding hydrogens is 464 g/mol. The average Bonchev–Trinajstić information content (AvgIpc) is 3.26. The maximum atomic E-state index is 13.9. The third-order valence-electron chi connectivity index (χ3n) is 6.60. The van der Waals surface area contributed by atoms with Crippen LogP contribution in [0, 0.1) is 5.92 Å². The molecule has 0 spiro atoms. The number of benzene rings is 1. The number of hydrogen-bond donors (Lipinski definition) is 3. The number of carbonyl (C=O) groups excluding carboxylic acids is 4. The summed E-state index contributed by atoms with van der Waals surface area (Å²) < 4.78 is 5.37. The molecule has 0 bridgehead atoms. The Morgan fingerprint density at radius 2 is 2.03 bits per heavy atom. The van der Waals surface area contributed by atoms with E-state index in [1.165, 1.54) is 4.90 Å². The van der Waals surface area contributed by atoms with E-state index in [-0.39, 0.29) is 25.4 Å². The number of nitrogens with two attached hydrogens (primary N) is 2. The lowest BCUT2D eigenvalue weighted by Gasteiger charge is -2.42. The summed E-state index contributed by atoms with van der Waals surface area (Å²) in [5.74, 6) is -0.602. The van der Waals surface area contributed by atoms with Crippen LogP contribution < -0.4 is 16.8 Å².